The molecule has 0 heterocycles. The number of unbranched alkanes of at least 4 members (excludes halogenated alkanes) is 1. The molecule has 5 nitrogen and oxygen atoms in total. The minimum atomic E-state index is -0.549. The average Bonchev–Trinajstić information content (AvgIpc) is 2.40. The first-order chi connectivity index (χ1) is 9.22. The van der Waals surface area contributed by atoms with Crippen LogP contribution in [-0.4, -0.2) is 25.1 Å². The lowest BCUT2D eigenvalue weighted by Crippen LogP contribution is -2.32. The van der Waals surface area contributed by atoms with Crippen molar-refractivity contribution >= 4 is 12.0 Å². The molecule has 0 fully saturated rings. The number of carbonyl (C=O) groups excluding carboxylic acids is 2. The second kappa shape index (κ2) is 8.97. The smallest absolute Gasteiger partial charge is 0.410 e. The van der Waals surface area contributed by atoms with Gasteiger partial charge in [-0.2, -0.15) is 0 Å². The summed E-state index contributed by atoms with van der Waals surface area (Å²) in [6, 6.07) is 8.78. The Balaban J connectivity index is 2.12. The van der Waals surface area contributed by atoms with Gasteiger partial charge in [0.05, 0.1) is 0 Å². The van der Waals surface area contributed by atoms with Gasteiger partial charge in [0.25, 0.3) is 0 Å². The highest BCUT2D eigenvalue weighted by Crippen LogP contribution is 2.07. The zero-order valence-corrected chi connectivity index (χ0v) is 11.1. The summed E-state index contributed by atoms with van der Waals surface area (Å²) < 4.78 is 5.01. The third-order valence-corrected chi connectivity index (χ3v) is 2.43. The van der Waals surface area contributed by atoms with Crippen LogP contribution >= 0.6 is 0 Å². The highest BCUT2D eigenvalue weighted by molar-refractivity contribution is 5.77. The Bertz CT molecular complexity index is 393. The summed E-state index contributed by atoms with van der Waals surface area (Å²) in [5.74, 6) is 0.417. The number of ether oxygens (including phenoxy) is 1. The lowest BCUT2D eigenvalue weighted by molar-refractivity contribution is -0.120. The van der Waals surface area contributed by atoms with Crippen molar-refractivity contribution in [1.82, 2.24) is 10.6 Å². The summed E-state index contributed by atoms with van der Waals surface area (Å²) in [7, 11) is 0. The highest BCUT2D eigenvalue weighted by Gasteiger charge is 2.05. The molecule has 0 saturated carbocycles. The summed E-state index contributed by atoms with van der Waals surface area (Å²) in [5, 5.41) is 5.31. The molecule has 0 aliphatic heterocycles. The molecule has 104 valence electrons. The quantitative estimate of drug-likeness (QED) is 0.741. The van der Waals surface area contributed by atoms with Gasteiger partial charge in [-0.25, -0.2) is 4.79 Å². The first-order valence-corrected chi connectivity index (χ1v) is 6.49. The standard InChI is InChI=1S/C14H20N2O3/c1-2-3-10-15-13(17)9-11-16-14(18)19-12-7-5-4-6-8-12/h4-8H,2-3,9-11H2,1H3,(H,15,17)(H,16,18). The lowest BCUT2D eigenvalue weighted by atomic mass is 10.3. The number of amides is 2. The van der Waals surface area contributed by atoms with Gasteiger partial charge >= 0.3 is 6.09 Å². The molecule has 0 unspecified atom stereocenters. The van der Waals surface area contributed by atoms with Crippen LogP contribution in [0.3, 0.4) is 0 Å². The molecule has 0 bridgehead atoms. The van der Waals surface area contributed by atoms with Crippen molar-refractivity contribution in [2.75, 3.05) is 13.1 Å². The Morgan fingerprint density at radius 2 is 1.84 bits per heavy atom. The van der Waals surface area contributed by atoms with Crippen LogP contribution in [0.1, 0.15) is 26.2 Å². The first kappa shape index (κ1) is 15.0. The van der Waals surface area contributed by atoms with E-state index in [0.717, 1.165) is 12.8 Å². The fourth-order valence-electron chi connectivity index (χ4n) is 1.40. The molecule has 0 saturated heterocycles. The van der Waals surface area contributed by atoms with Crippen molar-refractivity contribution in [3.63, 3.8) is 0 Å². The molecule has 0 spiro atoms. The zero-order chi connectivity index (χ0) is 13.9. The Morgan fingerprint density at radius 1 is 1.11 bits per heavy atom. The van der Waals surface area contributed by atoms with Gasteiger partial charge in [-0.1, -0.05) is 31.5 Å². The normalized spacial score (nSPS) is 9.74. The van der Waals surface area contributed by atoms with Gasteiger partial charge in [-0.3, -0.25) is 4.79 Å². The fourth-order valence-corrected chi connectivity index (χ4v) is 1.40. The highest BCUT2D eigenvalue weighted by atomic mass is 16.6. The van der Waals surface area contributed by atoms with Gasteiger partial charge in [-0.05, 0) is 18.6 Å². The predicted octanol–water partition coefficient (Wildman–Crippen LogP) is 2.08. The molecule has 2 N–H and O–H groups in total. The molecule has 0 aromatic heterocycles. The Hall–Kier alpha value is -2.04. The molecule has 1 rings (SSSR count). The number of nitrogens with one attached hydrogen (secondary N) is 2. The first-order valence-electron chi connectivity index (χ1n) is 6.49. The van der Waals surface area contributed by atoms with Gasteiger partial charge in [0.1, 0.15) is 5.75 Å². The summed E-state index contributed by atoms with van der Waals surface area (Å²) in [6.07, 6.45) is 1.72. The molecule has 2 amide bonds. The van der Waals surface area contributed by atoms with Gasteiger partial charge in [0.2, 0.25) is 5.91 Å². The van der Waals surface area contributed by atoms with Crippen molar-refractivity contribution in [1.29, 1.82) is 0 Å². The SMILES string of the molecule is CCCCNC(=O)CCNC(=O)Oc1ccccc1. The van der Waals surface area contributed by atoms with Gasteiger partial charge in [0, 0.05) is 19.5 Å². The number of rotatable bonds is 7. The van der Waals surface area contributed by atoms with E-state index in [9.17, 15) is 9.59 Å². The maximum atomic E-state index is 11.4. The minimum absolute atomic E-state index is 0.0616. The summed E-state index contributed by atoms with van der Waals surface area (Å²) in [4.78, 5) is 22.7. The zero-order valence-electron chi connectivity index (χ0n) is 11.1. The van der Waals surface area contributed by atoms with E-state index >= 15 is 0 Å². The van der Waals surface area contributed by atoms with E-state index in [0.29, 0.717) is 12.3 Å². The van der Waals surface area contributed by atoms with Crippen molar-refractivity contribution in [2.45, 2.75) is 26.2 Å². The van der Waals surface area contributed by atoms with Gasteiger partial charge in [0.15, 0.2) is 0 Å². The molecule has 19 heavy (non-hydrogen) atoms. The second-order valence-corrected chi connectivity index (χ2v) is 4.08. The van der Waals surface area contributed by atoms with E-state index in [4.69, 9.17) is 4.74 Å². The molecule has 0 aliphatic rings. The minimum Gasteiger partial charge on any atom is -0.410 e. The van der Waals surface area contributed by atoms with E-state index in [1.807, 2.05) is 6.07 Å². The average molecular weight is 264 g/mol. The van der Waals surface area contributed by atoms with Crippen LogP contribution in [0, 0.1) is 0 Å². The number of para-hydroxylation sites is 1. The molecule has 1 aromatic rings. The van der Waals surface area contributed by atoms with Crippen LogP contribution in [0.4, 0.5) is 4.79 Å². The topological polar surface area (TPSA) is 67.4 Å². The monoisotopic (exact) mass is 264 g/mol. The summed E-state index contributed by atoms with van der Waals surface area (Å²) in [6.45, 7) is 3.01. The second-order valence-electron chi connectivity index (χ2n) is 4.08. The Labute approximate surface area is 113 Å². The molecule has 0 aliphatic carbocycles. The molecular formula is C14H20N2O3. The lowest BCUT2D eigenvalue weighted by Gasteiger charge is -2.07. The van der Waals surface area contributed by atoms with Crippen LogP contribution in [0.5, 0.6) is 5.75 Å². The van der Waals surface area contributed by atoms with Crippen LogP contribution < -0.4 is 15.4 Å². The number of carbonyl (C=O) groups is 2. The molecular weight excluding hydrogens is 244 g/mol. The van der Waals surface area contributed by atoms with Crippen molar-refractivity contribution in [3.8, 4) is 5.75 Å². The molecule has 0 atom stereocenters. The fraction of sp³-hybridized carbons (Fsp3) is 0.429. The van der Waals surface area contributed by atoms with Gasteiger partial charge in [-0.15, -0.1) is 0 Å². The third kappa shape index (κ3) is 7.08. The third-order valence-electron chi connectivity index (χ3n) is 2.43. The van der Waals surface area contributed by atoms with Crippen molar-refractivity contribution in [3.05, 3.63) is 30.3 Å². The van der Waals surface area contributed by atoms with E-state index in [-0.39, 0.29) is 18.9 Å². The largest absolute Gasteiger partial charge is 0.412 e. The maximum Gasteiger partial charge on any atom is 0.412 e. The molecule has 1 aromatic carbocycles. The summed E-state index contributed by atoms with van der Waals surface area (Å²) in [5.41, 5.74) is 0. The van der Waals surface area contributed by atoms with Crippen LogP contribution in [0.15, 0.2) is 30.3 Å². The Kier molecular flexibility index (Phi) is 7.09. The van der Waals surface area contributed by atoms with E-state index in [1.54, 1.807) is 24.3 Å². The van der Waals surface area contributed by atoms with E-state index in [2.05, 4.69) is 17.6 Å². The molecule has 5 heteroatoms. The predicted molar refractivity (Wildman–Crippen MR) is 73.0 cm³/mol. The van der Waals surface area contributed by atoms with Crippen LogP contribution in [0.25, 0.3) is 0 Å². The van der Waals surface area contributed by atoms with Crippen molar-refractivity contribution in [2.24, 2.45) is 0 Å². The van der Waals surface area contributed by atoms with Crippen LogP contribution in [-0.2, 0) is 4.79 Å². The number of hydrogen-bond donors (Lipinski definition) is 2. The number of benzene rings is 1. The van der Waals surface area contributed by atoms with Gasteiger partial charge < -0.3 is 15.4 Å². The van der Waals surface area contributed by atoms with E-state index in [1.165, 1.54) is 0 Å². The van der Waals surface area contributed by atoms with E-state index < -0.39 is 6.09 Å². The van der Waals surface area contributed by atoms with Crippen LogP contribution in [0.2, 0.25) is 0 Å². The summed E-state index contributed by atoms with van der Waals surface area (Å²) >= 11 is 0. The van der Waals surface area contributed by atoms with Crippen molar-refractivity contribution < 1.29 is 14.3 Å². The number of hydrogen-bond acceptors (Lipinski definition) is 3. The Morgan fingerprint density at radius 3 is 2.53 bits per heavy atom. The maximum absolute atomic E-state index is 11.4. The molecule has 0 radical (unpaired) electrons.